The number of benzene rings is 1. The van der Waals surface area contributed by atoms with Gasteiger partial charge in [-0.3, -0.25) is 15.0 Å². The molecule has 1 N–H and O–H groups in total. The Balaban J connectivity index is 1.73. The number of hydrogen-bond acceptors (Lipinski definition) is 5. The molecule has 1 unspecified atom stereocenters. The number of nitrogens with zero attached hydrogens (tertiary/aromatic N) is 2. The molecular weight excluding hydrogens is 286 g/mol. The Morgan fingerprint density at radius 3 is 2.86 bits per heavy atom. The molecule has 0 aromatic heterocycles. The largest absolute Gasteiger partial charge is 0.445 e. The van der Waals surface area contributed by atoms with E-state index in [9.17, 15) is 14.9 Å². The molecule has 1 amide bonds. The maximum atomic E-state index is 11.7. The van der Waals surface area contributed by atoms with Crippen LogP contribution >= 0.6 is 0 Å². The Bertz CT molecular complexity index is 544. The molecule has 0 spiro atoms. The number of nitrogens with one attached hydrogen (secondary N) is 1. The van der Waals surface area contributed by atoms with E-state index in [1.54, 1.807) is 12.1 Å². The van der Waals surface area contributed by atoms with Gasteiger partial charge in [-0.2, -0.15) is 0 Å². The summed E-state index contributed by atoms with van der Waals surface area (Å²) in [6.45, 7) is 6.32. The van der Waals surface area contributed by atoms with Crippen molar-refractivity contribution in [3.63, 3.8) is 0 Å². The first kappa shape index (κ1) is 16.0. The number of rotatable bonds is 6. The van der Waals surface area contributed by atoms with E-state index in [1.807, 2.05) is 6.08 Å². The zero-order valence-corrected chi connectivity index (χ0v) is 12.2. The van der Waals surface area contributed by atoms with E-state index in [0.29, 0.717) is 5.56 Å². The van der Waals surface area contributed by atoms with Crippen LogP contribution in [-0.2, 0) is 11.3 Å². The third-order valence-corrected chi connectivity index (χ3v) is 3.50. The molecule has 7 heteroatoms. The Morgan fingerprint density at radius 2 is 2.23 bits per heavy atom. The zero-order chi connectivity index (χ0) is 15.9. The molecule has 1 atom stereocenters. The smallest absolute Gasteiger partial charge is 0.407 e. The highest BCUT2D eigenvalue weighted by atomic mass is 16.6. The monoisotopic (exact) mass is 305 g/mol. The van der Waals surface area contributed by atoms with E-state index < -0.39 is 11.0 Å². The SMILES string of the molecule is C=CCN1CCC(NC(=O)OCc2ccc([N+](=O)[O-])cc2)C1. The van der Waals surface area contributed by atoms with Gasteiger partial charge in [0.25, 0.3) is 5.69 Å². The predicted octanol–water partition coefficient (Wildman–Crippen LogP) is 2.08. The second kappa shape index (κ2) is 7.56. The molecule has 22 heavy (non-hydrogen) atoms. The lowest BCUT2D eigenvalue weighted by Gasteiger charge is -2.14. The van der Waals surface area contributed by atoms with Crippen LogP contribution in [0.4, 0.5) is 10.5 Å². The third-order valence-electron chi connectivity index (χ3n) is 3.50. The van der Waals surface area contributed by atoms with E-state index in [0.717, 1.165) is 26.1 Å². The number of hydrogen-bond donors (Lipinski definition) is 1. The van der Waals surface area contributed by atoms with Gasteiger partial charge in [0.2, 0.25) is 0 Å². The van der Waals surface area contributed by atoms with Crippen molar-refractivity contribution >= 4 is 11.8 Å². The lowest BCUT2D eigenvalue weighted by atomic mass is 10.2. The van der Waals surface area contributed by atoms with Gasteiger partial charge in [0, 0.05) is 37.8 Å². The molecule has 1 aromatic rings. The number of ether oxygens (including phenoxy) is 1. The first-order valence-electron chi connectivity index (χ1n) is 7.08. The van der Waals surface area contributed by atoms with E-state index in [-0.39, 0.29) is 18.3 Å². The number of non-ortho nitro benzene ring substituents is 1. The molecule has 118 valence electrons. The van der Waals surface area contributed by atoms with Crippen LogP contribution in [0.2, 0.25) is 0 Å². The molecule has 0 radical (unpaired) electrons. The van der Waals surface area contributed by atoms with Gasteiger partial charge in [0.15, 0.2) is 0 Å². The van der Waals surface area contributed by atoms with Crippen molar-refractivity contribution in [1.82, 2.24) is 10.2 Å². The summed E-state index contributed by atoms with van der Waals surface area (Å²) >= 11 is 0. The van der Waals surface area contributed by atoms with Crippen molar-refractivity contribution in [1.29, 1.82) is 0 Å². The van der Waals surface area contributed by atoms with Gasteiger partial charge in [-0.05, 0) is 24.1 Å². The Labute approximate surface area is 128 Å². The fourth-order valence-corrected chi connectivity index (χ4v) is 2.37. The van der Waals surface area contributed by atoms with Gasteiger partial charge < -0.3 is 10.1 Å². The molecule has 1 aliphatic heterocycles. The van der Waals surface area contributed by atoms with Gasteiger partial charge in [0.05, 0.1) is 4.92 Å². The van der Waals surface area contributed by atoms with Crippen LogP contribution in [0.15, 0.2) is 36.9 Å². The zero-order valence-electron chi connectivity index (χ0n) is 12.2. The number of carbonyl (C=O) groups excluding carboxylic acids is 1. The number of likely N-dealkylation sites (tertiary alicyclic amines) is 1. The van der Waals surface area contributed by atoms with E-state index in [4.69, 9.17) is 4.74 Å². The maximum absolute atomic E-state index is 11.7. The molecule has 0 bridgehead atoms. The van der Waals surface area contributed by atoms with Crippen molar-refractivity contribution in [3.05, 3.63) is 52.6 Å². The first-order valence-corrected chi connectivity index (χ1v) is 7.08. The van der Waals surface area contributed by atoms with Gasteiger partial charge in [-0.15, -0.1) is 6.58 Å². The summed E-state index contributed by atoms with van der Waals surface area (Å²) in [5, 5.41) is 13.4. The number of amides is 1. The molecule has 1 aliphatic rings. The summed E-state index contributed by atoms with van der Waals surface area (Å²) in [6.07, 6.45) is 2.26. The van der Waals surface area contributed by atoms with Crippen molar-refractivity contribution in [3.8, 4) is 0 Å². The molecule has 1 heterocycles. The number of carbonyl (C=O) groups is 1. The standard InChI is InChI=1S/C15H19N3O4/c1-2-8-17-9-7-13(10-17)16-15(19)22-11-12-3-5-14(6-4-12)18(20)21/h2-6,13H,1,7-11H2,(H,16,19). The van der Waals surface area contributed by atoms with E-state index in [1.165, 1.54) is 12.1 Å². The summed E-state index contributed by atoms with van der Waals surface area (Å²) in [7, 11) is 0. The molecular formula is C15H19N3O4. The highest BCUT2D eigenvalue weighted by molar-refractivity contribution is 5.67. The summed E-state index contributed by atoms with van der Waals surface area (Å²) in [5.74, 6) is 0. The summed E-state index contributed by atoms with van der Waals surface area (Å²) < 4.78 is 5.13. The number of nitro groups is 1. The first-order chi connectivity index (χ1) is 10.6. The van der Waals surface area contributed by atoms with Crippen LogP contribution in [0, 0.1) is 10.1 Å². The van der Waals surface area contributed by atoms with Crippen LogP contribution in [0.3, 0.4) is 0 Å². The minimum atomic E-state index is -0.469. The summed E-state index contributed by atoms with van der Waals surface area (Å²) in [5.41, 5.74) is 0.724. The van der Waals surface area contributed by atoms with Crippen molar-refractivity contribution < 1.29 is 14.5 Å². The Kier molecular flexibility index (Phi) is 5.48. The van der Waals surface area contributed by atoms with Gasteiger partial charge in [-0.1, -0.05) is 6.08 Å². The van der Waals surface area contributed by atoms with Crippen LogP contribution in [-0.4, -0.2) is 41.6 Å². The average Bonchev–Trinajstić information content (AvgIpc) is 2.93. The second-order valence-electron chi connectivity index (χ2n) is 5.18. The Hall–Kier alpha value is -2.41. The van der Waals surface area contributed by atoms with Gasteiger partial charge in [0.1, 0.15) is 6.61 Å². The molecule has 2 rings (SSSR count). The van der Waals surface area contributed by atoms with E-state index >= 15 is 0 Å². The molecule has 0 saturated carbocycles. The normalized spacial score (nSPS) is 17.9. The fourth-order valence-electron chi connectivity index (χ4n) is 2.37. The maximum Gasteiger partial charge on any atom is 0.407 e. The molecule has 1 fully saturated rings. The predicted molar refractivity (Wildman–Crippen MR) is 81.5 cm³/mol. The average molecular weight is 305 g/mol. The highest BCUT2D eigenvalue weighted by Crippen LogP contribution is 2.13. The van der Waals surface area contributed by atoms with Gasteiger partial charge in [-0.25, -0.2) is 4.79 Å². The number of alkyl carbamates (subject to hydrolysis) is 1. The van der Waals surface area contributed by atoms with Crippen molar-refractivity contribution in [2.45, 2.75) is 19.1 Å². The van der Waals surface area contributed by atoms with Crippen molar-refractivity contribution in [2.75, 3.05) is 19.6 Å². The van der Waals surface area contributed by atoms with Crippen molar-refractivity contribution in [2.24, 2.45) is 0 Å². The molecule has 1 aromatic carbocycles. The minimum Gasteiger partial charge on any atom is -0.445 e. The van der Waals surface area contributed by atoms with Crippen LogP contribution in [0.5, 0.6) is 0 Å². The lowest BCUT2D eigenvalue weighted by molar-refractivity contribution is -0.384. The lowest BCUT2D eigenvalue weighted by Crippen LogP contribution is -2.37. The van der Waals surface area contributed by atoms with E-state index in [2.05, 4.69) is 16.8 Å². The Morgan fingerprint density at radius 1 is 1.50 bits per heavy atom. The topological polar surface area (TPSA) is 84.7 Å². The third kappa shape index (κ3) is 4.56. The van der Waals surface area contributed by atoms with Crippen LogP contribution < -0.4 is 5.32 Å². The minimum absolute atomic E-state index is 0.0152. The summed E-state index contributed by atoms with van der Waals surface area (Å²) in [6, 6.07) is 6.02. The molecule has 0 aliphatic carbocycles. The quantitative estimate of drug-likeness (QED) is 0.494. The van der Waals surface area contributed by atoms with Crippen LogP contribution in [0.25, 0.3) is 0 Å². The summed E-state index contributed by atoms with van der Waals surface area (Å²) in [4.78, 5) is 24.0. The number of nitro benzene ring substituents is 1. The molecule has 7 nitrogen and oxygen atoms in total. The fraction of sp³-hybridized carbons (Fsp3) is 0.400. The second-order valence-corrected chi connectivity index (χ2v) is 5.18. The van der Waals surface area contributed by atoms with Gasteiger partial charge >= 0.3 is 6.09 Å². The van der Waals surface area contributed by atoms with Crippen LogP contribution in [0.1, 0.15) is 12.0 Å². The molecule has 1 saturated heterocycles. The highest BCUT2D eigenvalue weighted by Gasteiger charge is 2.23.